The highest BCUT2D eigenvalue weighted by atomic mass is 32.2. The molecule has 0 rings (SSSR count). The maximum Gasteiger partial charge on any atom is 0.264 e. The SMILES string of the molecule is CCC(C)C(=O)NC(C)CCS(=O)(=O)O. The van der Waals surface area contributed by atoms with Crippen molar-refractivity contribution >= 4 is 16.0 Å². The molecule has 0 bridgehead atoms. The van der Waals surface area contributed by atoms with E-state index >= 15 is 0 Å². The van der Waals surface area contributed by atoms with Crippen molar-refractivity contribution in [2.45, 2.75) is 39.7 Å². The van der Waals surface area contributed by atoms with Crippen LogP contribution in [0, 0.1) is 5.92 Å². The van der Waals surface area contributed by atoms with E-state index in [0.29, 0.717) is 0 Å². The van der Waals surface area contributed by atoms with Crippen LogP contribution >= 0.6 is 0 Å². The van der Waals surface area contributed by atoms with Gasteiger partial charge in [-0.1, -0.05) is 13.8 Å². The number of amides is 1. The van der Waals surface area contributed by atoms with Crippen LogP contribution in [0.1, 0.15) is 33.6 Å². The zero-order valence-electron chi connectivity index (χ0n) is 9.36. The zero-order chi connectivity index (χ0) is 12.1. The molecule has 6 heteroatoms. The lowest BCUT2D eigenvalue weighted by Gasteiger charge is -2.15. The van der Waals surface area contributed by atoms with Gasteiger partial charge in [0, 0.05) is 12.0 Å². The summed E-state index contributed by atoms with van der Waals surface area (Å²) in [5.41, 5.74) is 0. The van der Waals surface area contributed by atoms with Gasteiger partial charge < -0.3 is 5.32 Å². The van der Waals surface area contributed by atoms with E-state index in [0.717, 1.165) is 6.42 Å². The van der Waals surface area contributed by atoms with Gasteiger partial charge in [-0.15, -0.1) is 0 Å². The summed E-state index contributed by atoms with van der Waals surface area (Å²) < 4.78 is 29.4. The first kappa shape index (κ1) is 14.4. The van der Waals surface area contributed by atoms with Crippen LogP contribution in [-0.4, -0.2) is 30.7 Å². The van der Waals surface area contributed by atoms with Gasteiger partial charge in [-0.05, 0) is 19.8 Å². The lowest BCUT2D eigenvalue weighted by Crippen LogP contribution is -2.37. The minimum Gasteiger partial charge on any atom is -0.353 e. The molecule has 0 spiro atoms. The lowest BCUT2D eigenvalue weighted by atomic mass is 10.1. The highest BCUT2D eigenvalue weighted by molar-refractivity contribution is 7.85. The standard InChI is InChI=1S/C9H19NO4S/c1-4-7(2)9(11)10-8(3)5-6-15(12,13)14/h7-8H,4-6H2,1-3H3,(H,10,11)(H,12,13,14). The van der Waals surface area contributed by atoms with E-state index in [1.807, 2.05) is 13.8 Å². The molecular formula is C9H19NO4S. The molecule has 0 heterocycles. The summed E-state index contributed by atoms with van der Waals surface area (Å²) in [6.07, 6.45) is 0.970. The Hall–Kier alpha value is -0.620. The van der Waals surface area contributed by atoms with Crippen molar-refractivity contribution in [2.75, 3.05) is 5.75 Å². The van der Waals surface area contributed by atoms with Crippen LogP contribution < -0.4 is 5.32 Å². The van der Waals surface area contributed by atoms with Crippen molar-refractivity contribution in [1.29, 1.82) is 0 Å². The molecule has 0 aliphatic rings. The Balaban J connectivity index is 3.94. The van der Waals surface area contributed by atoms with E-state index < -0.39 is 10.1 Å². The molecule has 1 amide bonds. The predicted octanol–water partition coefficient (Wildman–Crippen LogP) is 0.815. The Labute approximate surface area is 91.0 Å². The van der Waals surface area contributed by atoms with Crippen molar-refractivity contribution in [3.8, 4) is 0 Å². The van der Waals surface area contributed by atoms with Gasteiger partial charge >= 0.3 is 0 Å². The number of carbonyl (C=O) groups is 1. The summed E-state index contributed by atoms with van der Waals surface area (Å²) in [6, 6.07) is -0.242. The van der Waals surface area contributed by atoms with Crippen molar-refractivity contribution in [3.05, 3.63) is 0 Å². The molecule has 0 saturated carbocycles. The van der Waals surface area contributed by atoms with Crippen LogP contribution in [0.15, 0.2) is 0 Å². The van der Waals surface area contributed by atoms with Gasteiger partial charge in [0.25, 0.3) is 10.1 Å². The average Bonchev–Trinajstić information content (AvgIpc) is 2.12. The lowest BCUT2D eigenvalue weighted by molar-refractivity contribution is -0.125. The summed E-state index contributed by atoms with van der Waals surface area (Å²) in [6.45, 7) is 5.43. The number of hydrogen-bond acceptors (Lipinski definition) is 3. The summed E-state index contributed by atoms with van der Waals surface area (Å²) in [5, 5.41) is 2.69. The molecule has 0 fully saturated rings. The predicted molar refractivity (Wildman–Crippen MR) is 58.1 cm³/mol. The first-order valence-electron chi connectivity index (χ1n) is 5.01. The Morgan fingerprint density at radius 3 is 2.33 bits per heavy atom. The van der Waals surface area contributed by atoms with Crippen LogP contribution in [0.2, 0.25) is 0 Å². The number of nitrogens with one attached hydrogen (secondary N) is 1. The first-order chi connectivity index (χ1) is 6.76. The molecule has 0 radical (unpaired) electrons. The summed E-state index contributed by atoms with van der Waals surface area (Å²) in [7, 11) is -3.93. The third-order valence-corrected chi connectivity index (χ3v) is 3.01. The monoisotopic (exact) mass is 237 g/mol. The van der Waals surface area contributed by atoms with Crippen molar-refractivity contribution < 1.29 is 17.8 Å². The highest BCUT2D eigenvalue weighted by Gasteiger charge is 2.15. The summed E-state index contributed by atoms with van der Waals surface area (Å²) in [5.74, 6) is -0.479. The highest BCUT2D eigenvalue weighted by Crippen LogP contribution is 2.02. The van der Waals surface area contributed by atoms with E-state index in [-0.39, 0.29) is 30.0 Å². The summed E-state index contributed by atoms with van der Waals surface area (Å²) >= 11 is 0. The second-order valence-electron chi connectivity index (χ2n) is 3.79. The van der Waals surface area contributed by atoms with Crippen molar-refractivity contribution in [3.63, 3.8) is 0 Å². The van der Waals surface area contributed by atoms with Crippen LogP contribution in [0.25, 0.3) is 0 Å². The zero-order valence-corrected chi connectivity index (χ0v) is 10.2. The minimum absolute atomic E-state index is 0.0711. The fraction of sp³-hybridized carbons (Fsp3) is 0.889. The topological polar surface area (TPSA) is 83.5 Å². The molecule has 2 N–H and O–H groups in total. The van der Waals surface area contributed by atoms with E-state index in [2.05, 4.69) is 5.32 Å². The van der Waals surface area contributed by atoms with E-state index in [4.69, 9.17) is 4.55 Å². The van der Waals surface area contributed by atoms with Crippen LogP contribution in [0.3, 0.4) is 0 Å². The fourth-order valence-corrected chi connectivity index (χ4v) is 1.62. The molecular weight excluding hydrogens is 218 g/mol. The molecule has 2 atom stereocenters. The molecule has 5 nitrogen and oxygen atoms in total. The molecule has 90 valence electrons. The van der Waals surface area contributed by atoms with Gasteiger partial charge in [0.2, 0.25) is 5.91 Å². The molecule has 15 heavy (non-hydrogen) atoms. The molecule has 0 aromatic rings. The average molecular weight is 237 g/mol. The van der Waals surface area contributed by atoms with Crippen LogP contribution in [0.5, 0.6) is 0 Å². The third kappa shape index (κ3) is 7.33. The normalized spacial score (nSPS) is 15.7. The Kier molecular flexibility index (Phi) is 5.82. The van der Waals surface area contributed by atoms with Crippen molar-refractivity contribution in [2.24, 2.45) is 5.92 Å². The summed E-state index contributed by atoms with van der Waals surface area (Å²) in [4.78, 5) is 11.4. The van der Waals surface area contributed by atoms with Gasteiger partial charge in [-0.3, -0.25) is 9.35 Å². The number of hydrogen-bond donors (Lipinski definition) is 2. The third-order valence-electron chi connectivity index (χ3n) is 2.26. The maximum atomic E-state index is 11.4. The van der Waals surface area contributed by atoms with Crippen LogP contribution in [0.4, 0.5) is 0 Å². The van der Waals surface area contributed by atoms with Gasteiger partial charge in [-0.25, -0.2) is 0 Å². The maximum absolute atomic E-state index is 11.4. The molecule has 0 aliphatic carbocycles. The van der Waals surface area contributed by atoms with Gasteiger partial charge in [-0.2, -0.15) is 8.42 Å². The Bertz CT molecular complexity index is 299. The number of carbonyl (C=O) groups excluding carboxylic acids is 1. The Morgan fingerprint density at radius 1 is 1.40 bits per heavy atom. The Morgan fingerprint density at radius 2 is 1.93 bits per heavy atom. The molecule has 2 unspecified atom stereocenters. The van der Waals surface area contributed by atoms with Crippen LogP contribution in [-0.2, 0) is 14.9 Å². The van der Waals surface area contributed by atoms with Gasteiger partial charge in [0.15, 0.2) is 0 Å². The number of rotatable bonds is 6. The van der Waals surface area contributed by atoms with Crippen molar-refractivity contribution in [1.82, 2.24) is 5.32 Å². The molecule has 0 aromatic carbocycles. The smallest absolute Gasteiger partial charge is 0.264 e. The second kappa shape index (κ2) is 6.07. The van der Waals surface area contributed by atoms with E-state index in [9.17, 15) is 13.2 Å². The van der Waals surface area contributed by atoms with Gasteiger partial charge in [0.05, 0.1) is 5.75 Å². The second-order valence-corrected chi connectivity index (χ2v) is 5.37. The quantitative estimate of drug-likeness (QED) is 0.670. The largest absolute Gasteiger partial charge is 0.353 e. The molecule has 0 aliphatic heterocycles. The van der Waals surface area contributed by atoms with E-state index in [1.165, 1.54) is 0 Å². The van der Waals surface area contributed by atoms with E-state index in [1.54, 1.807) is 6.92 Å². The molecule has 0 saturated heterocycles. The van der Waals surface area contributed by atoms with Gasteiger partial charge in [0.1, 0.15) is 0 Å². The fourth-order valence-electron chi connectivity index (χ4n) is 0.968. The minimum atomic E-state index is -3.93. The first-order valence-corrected chi connectivity index (χ1v) is 6.62. The molecule has 0 aromatic heterocycles.